The molecule has 5 heteroatoms. The summed E-state index contributed by atoms with van der Waals surface area (Å²) in [5.74, 6) is 7.09. The molecule has 0 radical (unpaired) electrons. The molecule has 0 spiro atoms. The third-order valence-electron chi connectivity index (χ3n) is 5.29. The van der Waals surface area contributed by atoms with Crippen LogP contribution in [0.2, 0.25) is 0 Å². The maximum Gasteiger partial charge on any atom is 0.108 e. The molecule has 1 aromatic heterocycles. The third kappa shape index (κ3) is 3.65. The average Bonchev–Trinajstić information content (AvgIpc) is 2.73. The van der Waals surface area contributed by atoms with Crippen LogP contribution in [0.5, 0.6) is 0 Å². The minimum Gasteiger partial charge on any atom is -0.338 e. The van der Waals surface area contributed by atoms with E-state index in [0.717, 1.165) is 18.7 Å². The van der Waals surface area contributed by atoms with Gasteiger partial charge < -0.3 is 9.47 Å². The number of nitrogens with two attached hydrogens (primary N) is 1. The Hall–Kier alpha value is -0.910. The van der Waals surface area contributed by atoms with Crippen molar-refractivity contribution in [3.8, 4) is 0 Å². The highest BCUT2D eigenvalue weighted by Crippen LogP contribution is 2.35. The SMILES string of the molecule is CN(C)C1(C(CCc2nccn2C)NN)CCCCCC1. The minimum absolute atomic E-state index is 0.177. The van der Waals surface area contributed by atoms with E-state index in [9.17, 15) is 0 Å². The van der Waals surface area contributed by atoms with Gasteiger partial charge in [0.15, 0.2) is 0 Å². The van der Waals surface area contributed by atoms with Crippen LogP contribution in [-0.2, 0) is 13.5 Å². The Bertz CT molecular complexity index is 418. The Labute approximate surface area is 128 Å². The molecular formula is C16H31N5. The van der Waals surface area contributed by atoms with Crippen molar-refractivity contribution in [2.75, 3.05) is 14.1 Å². The van der Waals surface area contributed by atoms with Crippen LogP contribution in [0, 0.1) is 0 Å². The molecule has 1 unspecified atom stereocenters. The number of hydrazine groups is 1. The van der Waals surface area contributed by atoms with Crippen LogP contribution in [0.4, 0.5) is 0 Å². The summed E-state index contributed by atoms with van der Waals surface area (Å²) in [4.78, 5) is 6.84. The van der Waals surface area contributed by atoms with Gasteiger partial charge >= 0.3 is 0 Å². The second-order valence-corrected chi connectivity index (χ2v) is 6.62. The van der Waals surface area contributed by atoms with Crippen molar-refractivity contribution in [2.45, 2.75) is 62.9 Å². The standard InChI is InChI=1S/C16H31N5/c1-20(2)16(10-6-4-5-7-11-16)14(19-17)8-9-15-18-12-13-21(15)3/h12-14,19H,4-11,17H2,1-3H3. The van der Waals surface area contributed by atoms with E-state index in [1.165, 1.54) is 38.5 Å². The predicted molar refractivity (Wildman–Crippen MR) is 86.8 cm³/mol. The fourth-order valence-corrected chi connectivity index (χ4v) is 3.87. The first kappa shape index (κ1) is 16.5. The van der Waals surface area contributed by atoms with Gasteiger partial charge in [0, 0.05) is 37.4 Å². The van der Waals surface area contributed by atoms with Gasteiger partial charge in [-0.25, -0.2) is 4.98 Å². The summed E-state index contributed by atoms with van der Waals surface area (Å²) in [6, 6.07) is 0.308. The molecule has 5 nitrogen and oxygen atoms in total. The zero-order valence-corrected chi connectivity index (χ0v) is 13.8. The van der Waals surface area contributed by atoms with Crippen molar-refractivity contribution in [3.05, 3.63) is 18.2 Å². The molecule has 0 bridgehead atoms. The van der Waals surface area contributed by atoms with Gasteiger partial charge in [0.25, 0.3) is 0 Å². The molecule has 2 rings (SSSR count). The molecule has 1 atom stereocenters. The molecule has 1 heterocycles. The molecule has 1 fully saturated rings. The summed E-state index contributed by atoms with van der Waals surface area (Å²) >= 11 is 0. The number of nitrogens with zero attached hydrogens (tertiary/aromatic N) is 3. The van der Waals surface area contributed by atoms with Crippen LogP contribution in [-0.4, -0.2) is 40.1 Å². The van der Waals surface area contributed by atoms with Gasteiger partial charge in [0.2, 0.25) is 0 Å². The Morgan fingerprint density at radius 1 is 1.33 bits per heavy atom. The van der Waals surface area contributed by atoms with Crippen molar-refractivity contribution >= 4 is 0 Å². The zero-order valence-electron chi connectivity index (χ0n) is 13.8. The van der Waals surface area contributed by atoms with Crippen LogP contribution in [0.1, 0.15) is 50.8 Å². The number of likely N-dealkylation sites (N-methyl/N-ethyl adjacent to an activating group) is 1. The summed E-state index contributed by atoms with van der Waals surface area (Å²) in [5, 5.41) is 0. The quantitative estimate of drug-likeness (QED) is 0.477. The summed E-state index contributed by atoms with van der Waals surface area (Å²) in [5.41, 5.74) is 3.30. The molecule has 120 valence electrons. The molecule has 1 saturated carbocycles. The first-order chi connectivity index (χ1) is 10.1. The van der Waals surface area contributed by atoms with E-state index in [1.54, 1.807) is 0 Å². The number of imidazole rings is 1. The van der Waals surface area contributed by atoms with E-state index in [2.05, 4.69) is 41.0 Å². The molecule has 0 saturated heterocycles. The maximum absolute atomic E-state index is 5.95. The van der Waals surface area contributed by atoms with E-state index in [0.29, 0.717) is 6.04 Å². The maximum atomic E-state index is 5.95. The fraction of sp³-hybridized carbons (Fsp3) is 0.812. The number of nitrogens with one attached hydrogen (secondary N) is 1. The zero-order chi connectivity index (χ0) is 15.3. The van der Waals surface area contributed by atoms with Gasteiger partial charge in [0.05, 0.1) is 0 Å². The molecule has 3 N–H and O–H groups in total. The molecule has 1 aromatic rings. The van der Waals surface area contributed by atoms with Gasteiger partial charge in [0.1, 0.15) is 5.82 Å². The first-order valence-corrected chi connectivity index (χ1v) is 8.20. The average molecular weight is 293 g/mol. The van der Waals surface area contributed by atoms with E-state index in [1.807, 2.05) is 12.4 Å². The lowest BCUT2D eigenvalue weighted by Crippen LogP contribution is -2.60. The second kappa shape index (κ2) is 7.38. The fourth-order valence-electron chi connectivity index (χ4n) is 3.87. The monoisotopic (exact) mass is 293 g/mol. The molecule has 0 aliphatic heterocycles. The van der Waals surface area contributed by atoms with Crippen molar-refractivity contribution in [1.29, 1.82) is 0 Å². The number of rotatable bonds is 6. The molecule has 0 amide bonds. The lowest BCUT2D eigenvalue weighted by Gasteiger charge is -2.45. The van der Waals surface area contributed by atoms with Crippen LogP contribution < -0.4 is 11.3 Å². The van der Waals surface area contributed by atoms with E-state index in [-0.39, 0.29) is 5.54 Å². The van der Waals surface area contributed by atoms with Crippen LogP contribution >= 0.6 is 0 Å². The lowest BCUT2D eigenvalue weighted by molar-refractivity contribution is 0.0761. The largest absolute Gasteiger partial charge is 0.338 e. The Balaban J connectivity index is 2.10. The van der Waals surface area contributed by atoms with Crippen LogP contribution in [0.3, 0.4) is 0 Å². The Morgan fingerprint density at radius 3 is 2.48 bits per heavy atom. The number of aromatic nitrogens is 2. The van der Waals surface area contributed by atoms with E-state index in [4.69, 9.17) is 5.84 Å². The van der Waals surface area contributed by atoms with Gasteiger partial charge in [-0.1, -0.05) is 25.7 Å². The molecule has 1 aliphatic carbocycles. The third-order valence-corrected chi connectivity index (χ3v) is 5.29. The molecular weight excluding hydrogens is 262 g/mol. The van der Waals surface area contributed by atoms with Crippen LogP contribution in [0.15, 0.2) is 12.4 Å². The highest BCUT2D eigenvalue weighted by molar-refractivity contribution is 5.01. The summed E-state index contributed by atoms with van der Waals surface area (Å²) < 4.78 is 2.10. The number of hydrogen-bond donors (Lipinski definition) is 2. The normalized spacial score (nSPS) is 20.4. The van der Waals surface area contributed by atoms with Gasteiger partial charge in [-0.2, -0.15) is 0 Å². The van der Waals surface area contributed by atoms with E-state index < -0.39 is 0 Å². The minimum atomic E-state index is 0.177. The molecule has 0 aromatic carbocycles. The first-order valence-electron chi connectivity index (χ1n) is 8.20. The Kier molecular flexibility index (Phi) is 5.79. The second-order valence-electron chi connectivity index (χ2n) is 6.62. The van der Waals surface area contributed by atoms with Gasteiger partial charge in [-0.3, -0.25) is 11.3 Å². The van der Waals surface area contributed by atoms with E-state index >= 15 is 0 Å². The summed E-state index contributed by atoms with van der Waals surface area (Å²) in [6.07, 6.45) is 13.6. The lowest BCUT2D eigenvalue weighted by atomic mass is 9.79. The summed E-state index contributed by atoms with van der Waals surface area (Å²) in [6.45, 7) is 0. The predicted octanol–water partition coefficient (Wildman–Crippen LogP) is 1.84. The molecule has 21 heavy (non-hydrogen) atoms. The highest BCUT2D eigenvalue weighted by Gasteiger charge is 2.40. The topological polar surface area (TPSA) is 59.1 Å². The Morgan fingerprint density at radius 2 is 2.00 bits per heavy atom. The van der Waals surface area contributed by atoms with Crippen molar-refractivity contribution < 1.29 is 0 Å². The smallest absolute Gasteiger partial charge is 0.108 e. The number of hydrogen-bond acceptors (Lipinski definition) is 4. The van der Waals surface area contributed by atoms with Gasteiger partial charge in [-0.05, 0) is 33.4 Å². The summed E-state index contributed by atoms with van der Waals surface area (Å²) in [7, 11) is 6.47. The molecule has 1 aliphatic rings. The van der Waals surface area contributed by atoms with Crippen molar-refractivity contribution in [3.63, 3.8) is 0 Å². The highest BCUT2D eigenvalue weighted by atomic mass is 15.3. The van der Waals surface area contributed by atoms with Crippen molar-refractivity contribution in [1.82, 2.24) is 19.9 Å². The van der Waals surface area contributed by atoms with Crippen LogP contribution in [0.25, 0.3) is 0 Å². The van der Waals surface area contributed by atoms with Crippen molar-refractivity contribution in [2.24, 2.45) is 12.9 Å². The number of aryl methyl sites for hydroxylation is 2. The van der Waals surface area contributed by atoms with Gasteiger partial charge in [-0.15, -0.1) is 0 Å².